The monoisotopic (exact) mass is 347 g/mol. The molecule has 2 aromatic heterocycles. The van der Waals surface area contributed by atoms with Crippen LogP contribution in [0, 0.1) is 5.92 Å². The maximum Gasteiger partial charge on any atom is 0.280 e. The Morgan fingerprint density at radius 2 is 2.17 bits per heavy atom. The van der Waals surface area contributed by atoms with Gasteiger partial charge in [0.25, 0.3) is 5.56 Å². The highest BCUT2D eigenvalue weighted by molar-refractivity contribution is 7.18. The number of rotatable bonds is 6. The van der Waals surface area contributed by atoms with Gasteiger partial charge in [0.1, 0.15) is 11.2 Å². The average Bonchev–Trinajstić information content (AvgIpc) is 3.03. The van der Waals surface area contributed by atoms with E-state index in [-0.39, 0.29) is 11.5 Å². The summed E-state index contributed by atoms with van der Waals surface area (Å²) in [5, 5.41) is 0.585. The van der Waals surface area contributed by atoms with Gasteiger partial charge in [-0.05, 0) is 31.2 Å². The number of carbonyl (C=O) groups excluding carboxylic acids is 1. The summed E-state index contributed by atoms with van der Waals surface area (Å²) in [4.78, 5) is 30.7. The molecule has 1 N–H and O–H groups in total. The standard InChI is InChI=1S/C18H25N3O2S/c1-2-14-11-15-17(24-14)19-12-21(18(15)23)20-16(22)10-6-9-13-7-4-3-5-8-13/h11-13H,2-10H2,1H3,(H,20,22). The summed E-state index contributed by atoms with van der Waals surface area (Å²) in [7, 11) is 0. The Bertz CT molecular complexity index is 759. The zero-order chi connectivity index (χ0) is 16.9. The molecule has 2 aromatic rings. The summed E-state index contributed by atoms with van der Waals surface area (Å²) in [5.41, 5.74) is 2.48. The Labute approximate surface area is 146 Å². The molecule has 0 aliphatic heterocycles. The number of aromatic nitrogens is 2. The number of carbonyl (C=O) groups is 1. The van der Waals surface area contributed by atoms with Gasteiger partial charge in [0.05, 0.1) is 5.39 Å². The van der Waals surface area contributed by atoms with E-state index in [1.54, 1.807) is 0 Å². The van der Waals surface area contributed by atoms with E-state index in [0.717, 1.165) is 34.9 Å². The maximum absolute atomic E-state index is 12.4. The predicted octanol–water partition coefficient (Wildman–Crippen LogP) is 3.84. The van der Waals surface area contributed by atoms with Crippen molar-refractivity contribution < 1.29 is 4.79 Å². The van der Waals surface area contributed by atoms with E-state index < -0.39 is 0 Å². The van der Waals surface area contributed by atoms with Gasteiger partial charge in [-0.15, -0.1) is 11.3 Å². The molecule has 0 atom stereocenters. The second kappa shape index (κ2) is 7.92. The molecule has 3 rings (SSSR count). The molecule has 0 saturated heterocycles. The quantitative estimate of drug-likeness (QED) is 0.863. The van der Waals surface area contributed by atoms with E-state index in [1.807, 2.05) is 6.07 Å². The molecule has 1 aliphatic carbocycles. The van der Waals surface area contributed by atoms with Crippen molar-refractivity contribution in [3.05, 3.63) is 27.6 Å². The molecule has 0 radical (unpaired) electrons. The van der Waals surface area contributed by atoms with E-state index >= 15 is 0 Å². The zero-order valence-electron chi connectivity index (χ0n) is 14.2. The van der Waals surface area contributed by atoms with E-state index in [1.165, 1.54) is 54.4 Å². The van der Waals surface area contributed by atoms with Crippen molar-refractivity contribution in [2.75, 3.05) is 5.43 Å². The summed E-state index contributed by atoms with van der Waals surface area (Å²) < 4.78 is 1.22. The third-order valence-corrected chi connectivity index (χ3v) is 6.03. The van der Waals surface area contributed by atoms with Crippen molar-refractivity contribution in [3.8, 4) is 0 Å². The fourth-order valence-electron chi connectivity index (χ4n) is 3.44. The minimum Gasteiger partial charge on any atom is -0.273 e. The Kier molecular flexibility index (Phi) is 5.66. The number of hydrogen-bond acceptors (Lipinski definition) is 4. The van der Waals surface area contributed by atoms with Crippen LogP contribution in [0.4, 0.5) is 0 Å². The number of nitrogens with zero attached hydrogens (tertiary/aromatic N) is 2. The molecule has 2 heterocycles. The third kappa shape index (κ3) is 4.04. The molecule has 0 spiro atoms. The smallest absolute Gasteiger partial charge is 0.273 e. The van der Waals surface area contributed by atoms with Crippen LogP contribution in [-0.4, -0.2) is 15.6 Å². The van der Waals surface area contributed by atoms with E-state index in [4.69, 9.17) is 0 Å². The first-order valence-electron chi connectivity index (χ1n) is 8.97. The van der Waals surface area contributed by atoms with Crippen molar-refractivity contribution in [1.29, 1.82) is 0 Å². The highest BCUT2D eigenvalue weighted by Gasteiger charge is 2.14. The molecule has 6 heteroatoms. The van der Waals surface area contributed by atoms with Crippen LogP contribution >= 0.6 is 11.3 Å². The minimum atomic E-state index is -0.198. The Morgan fingerprint density at radius 1 is 1.38 bits per heavy atom. The van der Waals surface area contributed by atoms with Crippen LogP contribution in [0.1, 0.15) is 63.2 Å². The van der Waals surface area contributed by atoms with Gasteiger partial charge in [0.15, 0.2) is 0 Å². The first-order valence-corrected chi connectivity index (χ1v) is 9.79. The highest BCUT2D eigenvalue weighted by Crippen LogP contribution is 2.27. The van der Waals surface area contributed by atoms with Crippen molar-refractivity contribution in [1.82, 2.24) is 9.66 Å². The Balaban J connectivity index is 1.56. The first kappa shape index (κ1) is 17.1. The Hall–Kier alpha value is -1.69. The van der Waals surface area contributed by atoms with Gasteiger partial charge in [-0.25, -0.2) is 9.66 Å². The topological polar surface area (TPSA) is 64.0 Å². The number of thiophene rings is 1. The molecule has 0 unspecified atom stereocenters. The molecule has 1 aliphatic rings. The second-order valence-corrected chi connectivity index (χ2v) is 7.75. The normalized spacial score (nSPS) is 15.7. The highest BCUT2D eigenvalue weighted by atomic mass is 32.1. The number of fused-ring (bicyclic) bond motifs is 1. The molecular formula is C18H25N3O2S. The van der Waals surface area contributed by atoms with Gasteiger partial charge in [-0.2, -0.15) is 0 Å². The van der Waals surface area contributed by atoms with Crippen molar-refractivity contribution in [2.24, 2.45) is 5.92 Å². The van der Waals surface area contributed by atoms with Crippen LogP contribution in [0.2, 0.25) is 0 Å². The van der Waals surface area contributed by atoms with Crippen molar-refractivity contribution >= 4 is 27.5 Å². The van der Waals surface area contributed by atoms with Gasteiger partial charge in [-0.1, -0.05) is 39.0 Å². The summed E-state index contributed by atoms with van der Waals surface area (Å²) in [5.74, 6) is 0.672. The van der Waals surface area contributed by atoms with Gasteiger partial charge in [-0.3, -0.25) is 15.0 Å². The van der Waals surface area contributed by atoms with Crippen molar-refractivity contribution in [3.63, 3.8) is 0 Å². The predicted molar refractivity (Wildman–Crippen MR) is 98.1 cm³/mol. The Morgan fingerprint density at radius 3 is 2.92 bits per heavy atom. The molecule has 1 fully saturated rings. The van der Waals surface area contributed by atoms with Gasteiger partial charge in [0, 0.05) is 11.3 Å². The van der Waals surface area contributed by atoms with E-state index in [0.29, 0.717) is 11.8 Å². The molecule has 1 amide bonds. The zero-order valence-corrected chi connectivity index (χ0v) is 15.0. The number of hydrogen-bond donors (Lipinski definition) is 1. The van der Waals surface area contributed by atoms with Crippen LogP contribution in [0.3, 0.4) is 0 Å². The first-order chi connectivity index (χ1) is 11.7. The number of amides is 1. The van der Waals surface area contributed by atoms with Gasteiger partial charge < -0.3 is 0 Å². The van der Waals surface area contributed by atoms with Crippen LogP contribution in [-0.2, 0) is 11.2 Å². The van der Waals surface area contributed by atoms with Gasteiger partial charge >= 0.3 is 0 Å². The average molecular weight is 347 g/mol. The lowest BCUT2D eigenvalue weighted by atomic mass is 9.86. The molecule has 5 nitrogen and oxygen atoms in total. The summed E-state index contributed by atoms with van der Waals surface area (Å²) in [6.45, 7) is 2.05. The SMILES string of the molecule is CCc1cc2c(=O)n(NC(=O)CCCC3CCCCC3)cnc2s1. The number of aryl methyl sites for hydroxylation is 1. The summed E-state index contributed by atoms with van der Waals surface area (Å²) in [6, 6.07) is 1.88. The molecule has 130 valence electrons. The summed E-state index contributed by atoms with van der Waals surface area (Å²) >= 11 is 1.53. The molecule has 0 aromatic carbocycles. The molecule has 0 bridgehead atoms. The summed E-state index contributed by atoms with van der Waals surface area (Å²) in [6.07, 6.45) is 11.4. The van der Waals surface area contributed by atoms with E-state index in [9.17, 15) is 9.59 Å². The minimum absolute atomic E-state index is 0.111. The molecular weight excluding hydrogens is 322 g/mol. The third-order valence-electron chi connectivity index (χ3n) is 4.84. The number of nitrogens with one attached hydrogen (secondary N) is 1. The van der Waals surface area contributed by atoms with Crippen LogP contribution in [0.5, 0.6) is 0 Å². The van der Waals surface area contributed by atoms with Crippen molar-refractivity contribution in [2.45, 2.75) is 64.7 Å². The van der Waals surface area contributed by atoms with Gasteiger partial charge in [0.2, 0.25) is 5.91 Å². The fourth-order valence-corrected chi connectivity index (χ4v) is 4.37. The second-order valence-electron chi connectivity index (χ2n) is 6.64. The van der Waals surface area contributed by atoms with E-state index in [2.05, 4.69) is 17.3 Å². The van der Waals surface area contributed by atoms with Crippen LogP contribution in [0.25, 0.3) is 10.2 Å². The molecule has 1 saturated carbocycles. The lowest BCUT2D eigenvalue weighted by Gasteiger charge is -2.21. The lowest BCUT2D eigenvalue weighted by Crippen LogP contribution is -2.32. The fraction of sp³-hybridized carbons (Fsp3) is 0.611. The maximum atomic E-state index is 12.4. The van der Waals surface area contributed by atoms with Crippen LogP contribution in [0.15, 0.2) is 17.2 Å². The molecule has 24 heavy (non-hydrogen) atoms. The van der Waals surface area contributed by atoms with Crippen LogP contribution < -0.4 is 11.0 Å². The lowest BCUT2D eigenvalue weighted by molar-refractivity contribution is -0.117. The largest absolute Gasteiger partial charge is 0.280 e.